The number of nitrogens with zero attached hydrogens (tertiary/aromatic N) is 1. The number of benzene rings is 1. The highest BCUT2D eigenvalue weighted by Crippen LogP contribution is 2.20. The molecule has 1 aromatic carbocycles. The highest BCUT2D eigenvalue weighted by molar-refractivity contribution is 7.89. The van der Waals surface area contributed by atoms with Crippen LogP contribution in [-0.2, 0) is 14.8 Å². The molecular weight excluding hydrogens is 333 g/mol. The topological polar surface area (TPSA) is 66.5 Å². The molecule has 0 bridgehead atoms. The van der Waals surface area contributed by atoms with Crippen LogP contribution in [0.2, 0.25) is 0 Å². The van der Waals surface area contributed by atoms with Gasteiger partial charge in [-0.05, 0) is 25.0 Å². The Kier molecular flexibility index (Phi) is 5.64. The normalized spacial score (nSPS) is 16.3. The highest BCUT2D eigenvalue weighted by Gasteiger charge is 2.25. The van der Waals surface area contributed by atoms with Crippen LogP contribution in [0, 0.1) is 17.5 Å². The van der Waals surface area contributed by atoms with Gasteiger partial charge in [-0.2, -0.15) is 0 Å². The first kappa shape index (κ1) is 17.7. The molecule has 0 radical (unpaired) electrons. The molecule has 1 aliphatic heterocycles. The minimum atomic E-state index is -3.55. The summed E-state index contributed by atoms with van der Waals surface area (Å²) in [6, 6.07) is 1.56. The second-order valence-corrected chi connectivity index (χ2v) is 7.39. The summed E-state index contributed by atoms with van der Waals surface area (Å²) in [6.07, 6.45) is 2.15. The lowest BCUT2D eigenvalue weighted by atomic mass is 10.2. The van der Waals surface area contributed by atoms with Crippen molar-refractivity contribution in [3.05, 3.63) is 29.6 Å². The van der Waals surface area contributed by atoms with E-state index in [1.54, 1.807) is 0 Å². The van der Waals surface area contributed by atoms with E-state index in [1.807, 2.05) is 0 Å². The van der Waals surface area contributed by atoms with Gasteiger partial charge in [0.2, 0.25) is 15.9 Å². The molecule has 128 valence electrons. The number of carbonyl (C=O) groups excluding carboxylic acids is 1. The minimum Gasteiger partial charge on any atom is -0.323 e. The van der Waals surface area contributed by atoms with E-state index < -0.39 is 51.2 Å². The van der Waals surface area contributed by atoms with E-state index in [-0.39, 0.29) is 0 Å². The standard InChI is InChI=1S/C14H17F3N2O3S/c15-10-4-5-11(14(17)13(10)16)18-12(20)6-9-23(21,22)19-7-2-1-3-8-19/h4-5H,1-3,6-9H2,(H,18,20). The first-order valence-electron chi connectivity index (χ1n) is 7.22. The summed E-state index contributed by atoms with van der Waals surface area (Å²) >= 11 is 0. The van der Waals surface area contributed by atoms with E-state index >= 15 is 0 Å². The van der Waals surface area contributed by atoms with Crippen molar-refractivity contribution in [3.8, 4) is 0 Å². The lowest BCUT2D eigenvalue weighted by Gasteiger charge is -2.25. The molecule has 23 heavy (non-hydrogen) atoms. The van der Waals surface area contributed by atoms with E-state index in [0.29, 0.717) is 19.2 Å². The molecule has 0 saturated carbocycles. The number of hydrogen-bond donors (Lipinski definition) is 1. The Bertz CT molecular complexity index is 689. The van der Waals surface area contributed by atoms with E-state index in [2.05, 4.69) is 5.32 Å². The van der Waals surface area contributed by atoms with Gasteiger partial charge in [-0.25, -0.2) is 25.9 Å². The summed E-state index contributed by atoms with van der Waals surface area (Å²) in [5.74, 6) is -5.77. The second kappa shape index (κ2) is 7.31. The lowest BCUT2D eigenvalue weighted by Crippen LogP contribution is -2.37. The van der Waals surface area contributed by atoms with Crippen molar-refractivity contribution in [2.45, 2.75) is 25.7 Å². The van der Waals surface area contributed by atoms with Gasteiger partial charge in [0.15, 0.2) is 17.5 Å². The van der Waals surface area contributed by atoms with Gasteiger partial charge >= 0.3 is 0 Å². The monoisotopic (exact) mass is 350 g/mol. The molecule has 2 rings (SSSR count). The maximum Gasteiger partial charge on any atom is 0.225 e. The van der Waals surface area contributed by atoms with Crippen LogP contribution in [0.1, 0.15) is 25.7 Å². The van der Waals surface area contributed by atoms with Gasteiger partial charge in [-0.1, -0.05) is 6.42 Å². The van der Waals surface area contributed by atoms with Crippen molar-refractivity contribution >= 4 is 21.6 Å². The summed E-state index contributed by atoms with van der Waals surface area (Å²) in [5, 5.41) is 2.05. The van der Waals surface area contributed by atoms with E-state index in [1.165, 1.54) is 4.31 Å². The number of halogens is 3. The smallest absolute Gasteiger partial charge is 0.225 e. The fourth-order valence-corrected chi connectivity index (χ4v) is 3.85. The van der Waals surface area contributed by atoms with Crippen LogP contribution < -0.4 is 5.32 Å². The molecule has 1 amide bonds. The predicted octanol–water partition coefficient (Wildman–Crippen LogP) is 2.25. The van der Waals surface area contributed by atoms with Gasteiger partial charge in [-0.15, -0.1) is 0 Å². The van der Waals surface area contributed by atoms with E-state index in [4.69, 9.17) is 0 Å². The quantitative estimate of drug-likeness (QED) is 0.829. The van der Waals surface area contributed by atoms with Gasteiger partial charge in [0.1, 0.15) is 0 Å². The maximum atomic E-state index is 13.4. The summed E-state index contributed by atoms with van der Waals surface area (Å²) in [6.45, 7) is 0.865. The van der Waals surface area contributed by atoms with Gasteiger partial charge in [-0.3, -0.25) is 4.79 Å². The van der Waals surface area contributed by atoms with Crippen molar-refractivity contribution < 1.29 is 26.4 Å². The van der Waals surface area contributed by atoms with Gasteiger partial charge in [0.05, 0.1) is 11.4 Å². The molecular formula is C14H17F3N2O3S. The molecule has 1 aromatic rings. The van der Waals surface area contributed by atoms with Crippen molar-refractivity contribution in [1.82, 2.24) is 4.31 Å². The second-order valence-electron chi connectivity index (χ2n) is 5.30. The number of amides is 1. The summed E-state index contributed by atoms with van der Waals surface area (Å²) in [4.78, 5) is 11.7. The van der Waals surface area contributed by atoms with Crippen LogP contribution in [-0.4, -0.2) is 37.5 Å². The predicted molar refractivity (Wildman–Crippen MR) is 78.8 cm³/mol. The molecule has 1 heterocycles. The Morgan fingerprint density at radius 1 is 1.09 bits per heavy atom. The first-order chi connectivity index (χ1) is 10.8. The van der Waals surface area contributed by atoms with E-state index in [0.717, 1.165) is 25.3 Å². The molecule has 1 saturated heterocycles. The molecule has 0 unspecified atom stereocenters. The highest BCUT2D eigenvalue weighted by atomic mass is 32.2. The minimum absolute atomic E-state index is 0.392. The van der Waals surface area contributed by atoms with Crippen LogP contribution >= 0.6 is 0 Å². The molecule has 0 spiro atoms. The number of carbonyl (C=O) groups is 1. The summed E-state index contributed by atoms with van der Waals surface area (Å²) in [5.41, 5.74) is -0.524. The van der Waals surface area contributed by atoms with Crippen LogP contribution in [0.3, 0.4) is 0 Å². The Labute approximate surface area is 132 Å². The summed E-state index contributed by atoms with van der Waals surface area (Å²) < 4.78 is 64.8. The molecule has 1 fully saturated rings. The SMILES string of the molecule is O=C(CCS(=O)(=O)N1CCCCC1)Nc1ccc(F)c(F)c1F. The third kappa shape index (κ3) is 4.44. The lowest BCUT2D eigenvalue weighted by molar-refractivity contribution is -0.115. The Morgan fingerprint density at radius 3 is 2.39 bits per heavy atom. The van der Waals surface area contributed by atoms with Gasteiger partial charge in [0, 0.05) is 19.5 Å². The third-order valence-electron chi connectivity index (χ3n) is 3.60. The average Bonchev–Trinajstić information content (AvgIpc) is 2.54. The van der Waals surface area contributed by atoms with E-state index in [9.17, 15) is 26.4 Å². The number of nitrogens with one attached hydrogen (secondary N) is 1. The Hall–Kier alpha value is -1.61. The third-order valence-corrected chi connectivity index (χ3v) is 5.48. The molecule has 5 nitrogen and oxygen atoms in total. The van der Waals surface area contributed by atoms with Crippen molar-refractivity contribution in [2.24, 2.45) is 0 Å². The maximum absolute atomic E-state index is 13.4. The molecule has 1 N–H and O–H groups in total. The largest absolute Gasteiger partial charge is 0.323 e. The van der Waals surface area contributed by atoms with Crippen LogP contribution in [0.5, 0.6) is 0 Å². The number of piperidine rings is 1. The number of anilines is 1. The molecule has 9 heteroatoms. The zero-order valence-electron chi connectivity index (χ0n) is 12.3. The van der Waals surface area contributed by atoms with Gasteiger partial charge in [0.25, 0.3) is 0 Å². The van der Waals surface area contributed by atoms with Crippen molar-refractivity contribution in [3.63, 3.8) is 0 Å². The van der Waals surface area contributed by atoms with Crippen LogP contribution in [0.4, 0.5) is 18.9 Å². The Morgan fingerprint density at radius 2 is 1.74 bits per heavy atom. The van der Waals surface area contributed by atoms with Crippen molar-refractivity contribution in [2.75, 3.05) is 24.2 Å². The zero-order valence-corrected chi connectivity index (χ0v) is 13.1. The first-order valence-corrected chi connectivity index (χ1v) is 8.83. The Balaban J connectivity index is 1.94. The molecule has 0 aromatic heterocycles. The van der Waals surface area contributed by atoms with Gasteiger partial charge < -0.3 is 5.32 Å². The van der Waals surface area contributed by atoms with Crippen molar-refractivity contribution in [1.29, 1.82) is 0 Å². The fraction of sp³-hybridized carbons (Fsp3) is 0.500. The van der Waals surface area contributed by atoms with Crippen LogP contribution in [0.25, 0.3) is 0 Å². The number of sulfonamides is 1. The number of hydrogen-bond acceptors (Lipinski definition) is 3. The van der Waals surface area contributed by atoms with Crippen LogP contribution in [0.15, 0.2) is 12.1 Å². The summed E-state index contributed by atoms with van der Waals surface area (Å²) in [7, 11) is -3.55. The zero-order chi connectivity index (χ0) is 17.0. The molecule has 1 aliphatic rings. The molecule has 0 aliphatic carbocycles. The fourth-order valence-electron chi connectivity index (χ4n) is 2.33. The average molecular weight is 350 g/mol. The number of rotatable bonds is 5. The molecule has 0 atom stereocenters.